The third-order valence-corrected chi connectivity index (χ3v) is 3.69. The minimum absolute atomic E-state index is 0.672. The minimum atomic E-state index is 0.672. The predicted octanol–water partition coefficient (Wildman–Crippen LogP) is 2.17. The molecule has 4 heteroatoms. The Bertz CT molecular complexity index is 601. The zero-order valence-electron chi connectivity index (χ0n) is 10.7. The lowest BCUT2D eigenvalue weighted by Gasteiger charge is -2.11. The van der Waals surface area contributed by atoms with Crippen LogP contribution in [0.25, 0.3) is 11.1 Å². The van der Waals surface area contributed by atoms with Crippen LogP contribution in [-0.4, -0.2) is 16.9 Å². The second-order valence-electron chi connectivity index (χ2n) is 4.74. The first-order valence-corrected chi connectivity index (χ1v) is 6.18. The van der Waals surface area contributed by atoms with Gasteiger partial charge < -0.3 is 10.5 Å². The van der Waals surface area contributed by atoms with Crippen LogP contribution in [-0.2, 0) is 19.9 Å². The van der Waals surface area contributed by atoms with E-state index in [0.29, 0.717) is 5.82 Å². The molecule has 1 aliphatic rings. The van der Waals surface area contributed by atoms with Crippen molar-refractivity contribution < 1.29 is 4.74 Å². The second kappa shape index (κ2) is 4.05. The monoisotopic (exact) mass is 243 g/mol. The molecule has 1 aliphatic carbocycles. The summed E-state index contributed by atoms with van der Waals surface area (Å²) in [4.78, 5) is 0. The van der Waals surface area contributed by atoms with Gasteiger partial charge in [0, 0.05) is 18.2 Å². The van der Waals surface area contributed by atoms with E-state index < -0.39 is 0 Å². The van der Waals surface area contributed by atoms with Crippen molar-refractivity contribution in [3.8, 4) is 16.9 Å². The highest BCUT2D eigenvalue weighted by atomic mass is 16.5. The molecule has 0 unspecified atom stereocenters. The zero-order valence-corrected chi connectivity index (χ0v) is 10.7. The summed E-state index contributed by atoms with van der Waals surface area (Å²) in [7, 11) is 3.55. The van der Waals surface area contributed by atoms with Crippen molar-refractivity contribution >= 4 is 5.82 Å². The van der Waals surface area contributed by atoms with Crippen LogP contribution in [0.4, 0.5) is 5.82 Å². The van der Waals surface area contributed by atoms with Crippen LogP contribution < -0.4 is 10.5 Å². The Hall–Kier alpha value is -1.97. The number of rotatable bonds is 2. The van der Waals surface area contributed by atoms with Crippen molar-refractivity contribution in [2.45, 2.75) is 19.3 Å². The summed E-state index contributed by atoms with van der Waals surface area (Å²) in [6.45, 7) is 0. The molecule has 2 N–H and O–H groups in total. The van der Waals surface area contributed by atoms with Crippen molar-refractivity contribution in [3.05, 3.63) is 29.5 Å². The molecule has 2 aromatic rings. The standard InChI is InChI=1S/C14H17N3O/c1-17-14(15)12(8-16-17)11-6-9-4-3-5-10(9)7-13(11)18-2/h6-8H,3-5,15H2,1-2H3. The molecule has 0 amide bonds. The number of nitrogens with two attached hydrogens (primary N) is 1. The fourth-order valence-corrected chi connectivity index (χ4v) is 2.64. The summed E-state index contributed by atoms with van der Waals surface area (Å²) in [6.07, 6.45) is 5.32. The number of hydrogen-bond acceptors (Lipinski definition) is 3. The maximum atomic E-state index is 6.05. The molecular formula is C14H17N3O. The van der Waals surface area contributed by atoms with E-state index in [-0.39, 0.29) is 0 Å². The van der Waals surface area contributed by atoms with Gasteiger partial charge in [-0.2, -0.15) is 5.10 Å². The van der Waals surface area contributed by atoms with Gasteiger partial charge in [-0.05, 0) is 42.5 Å². The minimum Gasteiger partial charge on any atom is -0.496 e. The van der Waals surface area contributed by atoms with E-state index in [1.165, 1.54) is 17.5 Å². The summed E-state index contributed by atoms with van der Waals surface area (Å²) >= 11 is 0. The SMILES string of the molecule is COc1cc2c(cc1-c1cnn(C)c1N)CCC2. The van der Waals surface area contributed by atoms with Gasteiger partial charge in [0.25, 0.3) is 0 Å². The number of aryl methyl sites for hydroxylation is 3. The van der Waals surface area contributed by atoms with Crippen molar-refractivity contribution in [1.82, 2.24) is 9.78 Å². The molecule has 0 saturated carbocycles. The summed E-state index contributed by atoms with van der Waals surface area (Å²) in [5.74, 6) is 1.56. The molecule has 0 fully saturated rings. The Morgan fingerprint density at radius 1 is 1.22 bits per heavy atom. The fraction of sp³-hybridized carbons (Fsp3) is 0.357. The lowest BCUT2D eigenvalue weighted by Crippen LogP contribution is -1.99. The third-order valence-electron chi connectivity index (χ3n) is 3.69. The summed E-state index contributed by atoms with van der Waals surface area (Å²) in [6, 6.07) is 4.35. The quantitative estimate of drug-likeness (QED) is 0.879. The van der Waals surface area contributed by atoms with Gasteiger partial charge in [0.2, 0.25) is 0 Å². The number of benzene rings is 1. The largest absolute Gasteiger partial charge is 0.496 e. The maximum Gasteiger partial charge on any atom is 0.129 e. The average Bonchev–Trinajstić information content (AvgIpc) is 2.95. The number of fused-ring (bicyclic) bond motifs is 1. The molecule has 18 heavy (non-hydrogen) atoms. The smallest absolute Gasteiger partial charge is 0.129 e. The van der Waals surface area contributed by atoms with Crippen molar-refractivity contribution in [3.63, 3.8) is 0 Å². The normalized spacial score (nSPS) is 13.7. The van der Waals surface area contributed by atoms with Gasteiger partial charge >= 0.3 is 0 Å². The van der Waals surface area contributed by atoms with Gasteiger partial charge in [-0.3, -0.25) is 4.68 Å². The van der Waals surface area contributed by atoms with Crippen molar-refractivity contribution in [2.75, 3.05) is 12.8 Å². The van der Waals surface area contributed by atoms with Crippen LogP contribution in [0.15, 0.2) is 18.3 Å². The molecule has 0 atom stereocenters. The molecule has 0 aliphatic heterocycles. The van der Waals surface area contributed by atoms with Crippen LogP contribution in [0.2, 0.25) is 0 Å². The van der Waals surface area contributed by atoms with E-state index in [4.69, 9.17) is 10.5 Å². The number of ether oxygens (including phenoxy) is 1. The summed E-state index contributed by atoms with van der Waals surface area (Å²) < 4.78 is 7.18. The third kappa shape index (κ3) is 1.56. The van der Waals surface area contributed by atoms with Crippen LogP contribution in [0, 0.1) is 0 Å². The van der Waals surface area contributed by atoms with Gasteiger partial charge in [0.1, 0.15) is 11.6 Å². The molecule has 94 valence electrons. The average molecular weight is 243 g/mol. The van der Waals surface area contributed by atoms with Crippen LogP contribution in [0.3, 0.4) is 0 Å². The second-order valence-corrected chi connectivity index (χ2v) is 4.74. The van der Waals surface area contributed by atoms with E-state index in [1.54, 1.807) is 18.0 Å². The number of nitrogens with zero attached hydrogens (tertiary/aromatic N) is 2. The number of hydrogen-bond donors (Lipinski definition) is 1. The molecule has 0 saturated heterocycles. The summed E-state index contributed by atoms with van der Waals surface area (Å²) in [5, 5.41) is 4.20. The molecule has 0 spiro atoms. The molecular weight excluding hydrogens is 226 g/mol. The maximum absolute atomic E-state index is 6.05. The first kappa shape index (κ1) is 11.1. The molecule has 0 bridgehead atoms. The molecule has 3 rings (SSSR count). The van der Waals surface area contributed by atoms with Crippen molar-refractivity contribution in [1.29, 1.82) is 0 Å². The molecule has 1 aromatic carbocycles. The van der Waals surface area contributed by atoms with E-state index >= 15 is 0 Å². The molecule has 1 aromatic heterocycles. The van der Waals surface area contributed by atoms with Crippen molar-refractivity contribution in [2.24, 2.45) is 7.05 Å². The Morgan fingerprint density at radius 3 is 2.56 bits per heavy atom. The lowest BCUT2D eigenvalue weighted by atomic mass is 10.0. The molecule has 0 radical (unpaired) electrons. The van der Waals surface area contributed by atoms with Gasteiger partial charge in [-0.1, -0.05) is 0 Å². The molecule has 1 heterocycles. The predicted molar refractivity (Wildman–Crippen MR) is 71.6 cm³/mol. The highest BCUT2D eigenvalue weighted by molar-refractivity contribution is 5.79. The zero-order chi connectivity index (χ0) is 12.7. The van der Waals surface area contributed by atoms with Crippen LogP contribution >= 0.6 is 0 Å². The number of methoxy groups -OCH3 is 1. The number of aromatic nitrogens is 2. The van der Waals surface area contributed by atoms with Gasteiger partial charge in [0.15, 0.2) is 0 Å². The summed E-state index contributed by atoms with van der Waals surface area (Å²) in [5.41, 5.74) is 10.9. The fourth-order valence-electron chi connectivity index (χ4n) is 2.64. The highest BCUT2D eigenvalue weighted by Gasteiger charge is 2.18. The van der Waals surface area contributed by atoms with Gasteiger partial charge in [-0.15, -0.1) is 0 Å². The van der Waals surface area contributed by atoms with E-state index in [2.05, 4.69) is 17.2 Å². The van der Waals surface area contributed by atoms with Gasteiger partial charge in [0.05, 0.1) is 13.3 Å². The highest BCUT2D eigenvalue weighted by Crippen LogP contribution is 2.38. The Kier molecular flexibility index (Phi) is 2.51. The number of nitrogen functional groups attached to an aromatic ring is 1. The van der Waals surface area contributed by atoms with Gasteiger partial charge in [-0.25, -0.2) is 0 Å². The first-order chi connectivity index (χ1) is 8.70. The molecule has 4 nitrogen and oxygen atoms in total. The Balaban J connectivity index is 2.19. The van der Waals surface area contributed by atoms with E-state index in [9.17, 15) is 0 Å². The first-order valence-electron chi connectivity index (χ1n) is 6.18. The Labute approximate surface area is 106 Å². The number of anilines is 1. The van der Waals surface area contributed by atoms with Crippen LogP contribution in [0.1, 0.15) is 17.5 Å². The topological polar surface area (TPSA) is 53.1 Å². The van der Waals surface area contributed by atoms with E-state index in [0.717, 1.165) is 29.7 Å². The Morgan fingerprint density at radius 2 is 1.94 bits per heavy atom. The lowest BCUT2D eigenvalue weighted by molar-refractivity contribution is 0.416. The van der Waals surface area contributed by atoms with E-state index in [1.807, 2.05) is 7.05 Å². The van der Waals surface area contributed by atoms with Crippen LogP contribution in [0.5, 0.6) is 5.75 Å².